The van der Waals surface area contributed by atoms with Crippen molar-refractivity contribution in [2.75, 3.05) is 13.7 Å². The average molecular weight is 257 g/mol. The molecule has 0 aromatic heterocycles. The molecule has 18 heavy (non-hydrogen) atoms. The summed E-state index contributed by atoms with van der Waals surface area (Å²) >= 11 is 0. The maximum absolute atomic E-state index is 11.8. The lowest BCUT2D eigenvalue weighted by molar-refractivity contribution is -0.139. The lowest BCUT2D eigenvalue weighted by Crippen LogP contribution is -2.50. The first kappa shape index (κ1) is 15.0. The van der Waals surface area contributed by atoms with Gasteiger partial charge in [0.25, 0.3) is 0 Å². The quantitative estimate of drug-likeness (QED) is 0.692. The molecule has 5 heteroatoms. The molecule has 1 amide bonds. The van der Waals surface area contributed by atoms with E-state index < -0.39 is 11.5 Å². The van der Waals surface area contributed by atoms with Gasteiger partial charge in [0.15, 0.2) is 0 Å². The molecule has 1 unspecified atom stereocenters. The second kappa shape index (κ2) is 6.73. The molecule has 0 bridgehead atoms. The van der Waals surface area contributed by atoms with E-state index in [4.69, 9.17) is 9.84 Å². The highest BCUT2D eigenvalue weighted by atomic mass is 16.5. The zero-order valence-corrected chi connectivity index (χ0v) is 11.2. The van der Waals surface area contributed by atoms with Crippen molar-refractivity contribution in [2.24, 2.45) is 5.92 Å². The summed E-state index contributed by atoms with van der Waals surface area (Å²) in [6.45, 7) is 1.90. The predicted molar refractivity (Wildman–Crippen MR) is 67.3 cm³/mol. The summed E-state index contributed by atoms with van der Waals surface area (Å²) < 4.78 is 4.99. The molecule has 1 atom stereocenters. The van der Waals surface area contributed by atoms with Crippen molar-refractivity contribution < 1.29 is 19.4 Å². The van der Waals surface area contributed by atoms with Crippen molar-refractivity contribution in [1.82, 2.24) is 5.32 Å². The third-order valence-corrected chi connectivity index (χ3v) is 3.45. The number of carboxylic acids is 1. The molecule has 0 radical (unpaired) electrons. The Morgan fingerprint density at radius 3 is 2.56 bits per heavy atom. The minimum Gasteiger partial charge on any atom is -0.481 e. The summed E-state index contributed by atoms with van der Waals surface area (Å²) in [4.78, 5) is 22.6. The summed E-state index contributed by atoms with van der Waals surface area (Å²) in [6, 6.07) is 0. The normalized spacial score (nSPS) is 18.8. The number of carbonyl (C=O) groups excluding carboxylic acids is 1. The Bertz CT molecular complexity index is 301. The van der Waals surface area contributed by atoms with Crippen LogP contribution in [-0.2, 0) is 14.3 Å². The smallest absolute Gasteiger partial charge is 0.305 e. The number of carbonyl (C=O) groups is 2. The maximum atomic E-state index is 11.8. The van der Waals surface area contributed by atoms with Gasteiger partial charge in [0, 0.05) is 13.5 Å². The van der Waals surface area contributed by atoms with Gasteiger partial charge in [0.2, 0.25) is 5.91 Å². The van der Waals surface area contributed by atoms with Crippen LogP contribution in [0, 0.1) is 5.92 Å². The Balaban J connectivity index is 2.37. The van der Waals surface area contributed by atoms with Gasteiger partial charge in [0.1, 0.15) is 0 Å². The Hall–Kier alpha value is -1.10. The molecule has 1 fully saturated rings. The SMILES string of the molecule is COCC(C)(CC(=O)O)NC(=O)CCC1CCC1. The van der Waals surface area contributed by atoms with Gasteiger partial charge in [-0.1, -0.05) is 19.3 Å². The molecular formula is C13H23NO4. The molecule has 1 aliphatic rings. The highest BCUT2D eigenvalue weighted by Gasteiger charge is 2.29. The Kier molecular flexibility index (Phi) is 5.59. The number of methoxy groups -OCH3 is 1. The van der Waals surface area contributed by atoms with Crippen LogP contribution in [0.25, 0.3) is 0 Å². The van der Waals surface area contributed by atoms with Crippen LogP contribution in [0.5, 0.6) is 0 Å². The number of amides is 1. The molecule has 5 nitrogen and oxygen atoms in total. The first-order valence-corrected chi connectivity index (χ1v) is 6.47. The Morgan fingerprint density at radius 1 is 1.44 bits per heavy atom. The second-order valence-corrected chi connectivity index (χ2v) is 5.45. The molecule has 104 valence electrons. The molecule has 1 aliphatic carbocycles. The molecule has 0 heterocycles. The van der Waals surface area contributed by atoms with Gasteiger partial charge < -0.3 is 15.2 Å². The van der Waals surface area contributed by atoms with Gasteiger partial charge in [-0.15, -0.1) is 0 Å². The molecule has 0 saturated heterocycles. The number of rotatable bonds is 8. The van der Waals surface area contributed by atoms with Gasteiger partial charge in [-0.05, 0) is 19.3 Å². The third-order valence-electron chi connectivity index (χ3n) is 3.45. The van der Waals surface area contributed by atoms with Crippen LogP contribution in [0.4, 0.5) is 0 Å². The minimum atomic E-state index is -0.936. The highest BCUT2D eigenvalue weighted by molar-refractivity contribution is 5.78. The first-order valence-electron chi connectivity index (χ1n) is 6.47. The zero-order chi connectivity index (χ0) is 13.6. The number of nitrogens with one attached hydrogen (secondary N) is 1. The fourth-order valence-electron chi connectivity index (χ4n) is 2.30. The van der Waals surface area contributed by atoms with Gasteiger partial charge in [-0.2, -0.15) is 0 Å². The van der Waals surface area contributed by atoms with E-state index in [0.29, 0.717) is 12.3 Å². The van der Waals surface area contributed by atoms with Crippen LogP contribution in [0.3, 0.4) is 0 Å². The third kappa shape index (κ3) is 5.04. The molecule has 1 rings (SSSR count). The number of ether oxygens (including phenoxy) is 1. The largest absolute Gasteiger partial charge is 0.481 e. The van der Waals surface area contributed by atoms with Gasteiger partial charge >= 0.3 is 5.97 Å². The summed E-state index contributed by atoms with van der Waals surface area (Å²) in [6.07, 6.45) is 4.96. The van der Waals surface area contributed by atoms with E-state index in [1.807, 2.05) is 0 Å². The monoisotopic (exact) mass is 257 g/mol. The van der Waals surface area contributed by atoms with Crippen molar-refractivity contribution in [3.63, 3.8) is 0 Å². The topological polar surface area (TPSA) is 75.6 Å². The van der Waals surface area contributed by atoms with Crippen molar-refractivity contribution in [3.8, 4) is 0 Å². The van der Waals surface area contributed by atoms with E-state index in [-0.39, 0.29) is 18.9 Å². The van der Waals surface area contributed by atoms with E-state index in [1.165, 1.54) is 26.4 Å². The number of carboxylic acid groups (broad SMARTS) is 1. The molecule has 0 spiro atoms. The Morgan fingerprint density at radius 2 is 2.11 bits per heavy atom. The van der Waals surface area contributed by atoms with Crippen molar-refractivity contribution in [1.29, 1.82) is 0 Å². The Labute approximate surface area is 108 Å². The van der Waals surface area contributed by atoms with E-state index in [0.717, 1.165) is 6.42 Å². The lowest BCUT2D eigenvalue weighted by Gasteiger charge is -2.29. The maximum Gasteiger partial charge on any atom is 0.305 e. The van der Waals surface area contributed by atoms with E-state index in [1.54, 1.807) is 6.92 Å². The lowest BCUT2D eigenvalue weighted by atomic mass is 9.82. The van der Waals surface area contributed by atoms with Crippen LogP contribution in [0.15, 0.2) is 0 Å². The van der Waals surface area contributed by atoms with Crippen LogP contribution < -0.4 is 5.32 Å². The summed E-state index contributed by atoms with van der Waals surface area (Å²) in [5.41, 5.74) is -0.822. The average Bonchev–Trinajstić information content (AvgIpc) is 2.12. The van der Waals surface area contributed by atoms with Crippen LogP contribution in [-0.4, -0.2) is 36.2 Å². The van der Waals surface area contributed by atoms with Gasteiger partial charge in [0.05, 0.1) is 18.6 Å². The first-order chi connectivity index (χ1) is 8.45. The standard InChI is InChI=1S/C13H23NO4/c1-13(9-18-2,8-12(16)17)14-11(15)7-6-10-4-3-5-10/h10H,3-9H2,1-2H3,(H,14,15)(H,16,17). The molecule has 0 aromatic rings. The van der Waals surface area contributed by atoms with Crippen LogP contribution in [0.1, 0.15) is 45.4 Å². The van der Waals surface area contributed by atoms with Gasteiger partial charge in [-0.25, -0.2) is 0 Å². The van der Waals surface area contributed by atoms with Crippen molar-refractivity contribution >= 4 is 11.9 Å². The van der Waals surface area contributed by atoms with Crippen molar-refractivity contribution in [3.05, 3.63) is 0 Å². The molecule has 0 aromatic carbocycles. The number of aliphatic carboxylic acids is 1. The number of hydrogen-bond donors (Lipinski definition) is 2. The fourth-order valence-corrected chi connectivity index (χ4v) is 2.30. The van der Waals surface area contributed by atoms with E-state index in [9.17, 15) is 9.59 Å². The number of hydrogen-bond acceptors (Lipinski definition) is 3. The van der Waals surface area contributed by atoms with Crippen LogP contribution in [0.2, 0.25) is 0 Å². The van der Waals surface area contributed by atoms with Gasteiger partial charge in [-0.3, -0.25) is 9.59 Å². The fraction of sp³-hybridized carbons (Fsp3) is 0.846. The second-order valence-electron chi connectivity index (χ2n) is 5.45. The van der Waals surface area contributed by atoms with Crippen molar-refractivity contribution in [2.45, 2.75) is 51.0 Å². The zero-order valence-electron chi connectivity index (χ0n) is 11.2. The molecule has 0 aliphatic heterocycles. The van der Waals surface area contributed by atoms with E-state index >= 15 is 0 Å². The summed E-state index contributed by atoms with van der Waals surface area (Å²) in [7, 11) is 1.50. The predicted octanol–water partition coefficient (Wildman–Crippen LogP) is 1.56. The molecular weight excluding hydrogens is 234 g/mol. The minimum absolute atomic E-state index is 0.0808. The summed E-state index contributed by atoms with van der Waals surface area (Å²) in [5.74, 6) is -0.333. The molecule has 1 saturated carbocycles. The molecule has 2 N–H and O–H groups in total. The van der Waals surface area contributed by atoms with Crippen LogP contribution >= 0.6 is 0 Å². The highest BCUT2D eigenvalue weighted by Crippen LogP contribution is 2.30. The van der Waals surface area contributed by atoms with E-state index in [2.05, 4.69) is 5.32 Å². The summed E-state index contributed by atoms with van der Waals surface area (Å²) in [5, 5.41) is 11.6.